The lowest BCUT2D eigenvalue weighted by Crippen LogP contribution is -2.44. The van der Waals surface area contributed by atoms with E-state index < -0.39 is 0 Å². The van der Waals surface area contributed by atoms with Crippen LogP contribution in [0.5, 0.6) is 0 Å². The first kappa shape index (κ1) is 13.4. The average Bonchev–Trinajstić information content (AvgIpc) is 2.33. The topological polar surface area (TPSA) is 55.6 Å². The molecule has 1 aromatic rings. The number of carbonyl (C=O) groups is 1. The molecule has 5 heteroatoms. The third-order valence-electron chi connectivity index (χ3n) is 3.17. The van der Waals surface area contributed by atoms with Crippen molar-refractivity contribution in [2.45, 2.75) is 20.0 Å². The average molecular weight is 313 g/mol. The van der Waals surface area contributed by atoms with Crippen LogP contribution in [0, 0.1) is 6.92 Å². The molecule has 1 fully saturated rings. The van der Waals surface area contributed by atoms with Gasteiger partial charge in [0.1, 0.15) is 0 Å². The largest absolute Gasteiger partial charge is 0.398 e. The number of hydrogen-bond donors (Lipinski definition) is 1. The van der Waals surface area contributed by atoms with Gasteiger partial charge in [-0.2, -0.15) is 0 Å². The number of nitrogen functional groups attached to an aromatic ring is 1. The van der Waals surface area contributed by atoms with Gasteiger partial charge < -0.3 is 15.4 Å². The molecular weight excluding hydrogens is 296 g/mol. The number of benzene rings is 1. The van der Waals surface area contributed by atoms with Crippen molar-refractivity contribution in [1.82, 2.24) is 4.90 Å². The van der Waals surface area contributed by atoms with Crippen LogP contribution in [-0.2, 0) is 4.74 Å². The minimum absolute atomic E-state index is 0.0238. The maximum atomic E-state index is 12.5. The van der Waals surface area contributed by atoms with Crippen LogP contribution in [0.1, 0.15) is 22.8 Å². The third-order valence-corrected chi connectivity index (χ3v) is 3.63. The second-order valence-electron chi connectivity index (χ2n) is 4.60. The summed E-state index contributed by atoms with van der Waals surface area (Å²) in [7, 11) is 0. The summed E-state index contributed by atoms with van der Waals surface area (Å²) in [5.41, 5.74) is 8.02. The van der Waals surface area contributed by atoms with Crippen LogP contribution in [0.4, 0.5) is 5.69 Å². The summed E-state index contributed by atoms with van der Waals surface area (Å²) in [6.45, 7) is 5.70. The van der Waals surface area contributed by atoms with Crippen LogP contribution >= 0.6 is 15.9 Å². The summed E-state index contributed by atoms with van der Waals surface area (Å²) in [4.78, 5) is 14.3. The molecule has 1 amide bonds. The number of ether oxygens (including phenoxy) is 1. The molecule has 2 N–H and O–H groups in total. The fraction of sp³-hybridized carbons (Fsp3) is 0.462. The van der Waals surface area contributed by atoms with Crippen LogP contribution in [0.25, 0.3) is 0 Å². The van der Waals surface area contributed by atoms with Gasteiger partial charge in [-0.25, -0.2) is 0 Å². The summed E-state index contributed by atoms with van der Waals surface area (Å²) in [5.74, 6) is 0.0238. The highest BCUT2D eigenvalue weighted by Gasteiger charge is 2.24. The van der Waals surface area contributed by atoms with Crippen molar-refractivity contribution in [2.75, 3.05) is 25.4 Å². The number of nitrogens with two attached hydrogens (primary N) is 1. The molecule has 1 saturated heterocycles. The smallest absolute Gasteiger partial charge is 0.254 e. The summed E-state index contributed by atoms with van der Waals surface area (Å²) in [6, 6.07) is 3.64. The lowest BCUT2D eigenvalue weighted by Gasteiger charge is -2.31. The molecule has 98 valence electrons. The van der Waals surface area contributed by atoms with Crippen molar-refractivity contribution >= 4 is 27.5 Å². The van der Waals surface area contributed by atoms with E-state index in [1.165, 1.54) is 0 Å². The number of rotatable bonds is 1. The van der Waals surface area contributed by atoms with Gasteiger partial charge in [0.2, 0.25) is 0 Å². The van der Waals surface area contributed by atoms with Crippen molar-refractivity contribution in [2.24, 2.45) is 0 Å². The van der Waals surface area contributed by atoms with E-state index in [1.54, 1.807) is 0 Å². The van der Waals surface area contributed by atoms with Gasteiger partial charge in [0.15, 0.2) is 0 Å². The predicted octanol–water partition coefficient (Wildman–Crippen LogP) is 2.20. The molecule has 2 rings (SSSR count). The molecule has 0 bridgehead atoms. The standard InChI is InChI=1S/C13H17BrN2O2/c1-8-7-16(3-4-18-8)13(17)11-5-10(14)6-12(15)9(11)2/h5-6,8H,3-4,7,15H2,1-2H3. The molecular formula is C13H17BrN2O2. The van der Waals surface area contributed by atoms with Crippen LogP contribution in [0.15, 0.2) is 16.6 Å². The Morgan fingerprint density at radius 2 is 2.28 bits per heavy atom. The Balaban J connectivity index is 2.28. The Hall–Kier alpha value is -1.07. The van der Waals surface area contributed by atoms with Gasteiger partial charge in [-0.05, 0) is 31.5 Å². The van der Waals surface area contributed by atoms with E-state index in [4.69, 9.17) is 10.5 Å². The fourth-order valence-corrected chi connectivity index (χ4v) is 2.57. The quantitative estimate of drug-likeness (QED) is 0.809. The van der Waals surface area contributed by atoms with Gasteiger partial charge in [0.05, 0.1) is 12.7 Å². The van der Waals surface area contributed by atoms with E-state index in [0.717, 1.165) is 10.0 Å². The monoisotopic (exact) mass is 312 g/mol. The minimum atomic E-state index is 0.0238. The Bertz CT molecular complexity index is 476. The molecule has 1 aromatic carbocycles. The van der Waals surface area contributed by atoms with Crippen LogP contribution in [-0.4, -0.2) is 36.6 Å². The molecule has 18 heavy (non-hydrogen) atoms. The Morgan fingerprint density at radius 3 is 2.94 bits per heavy atom. The number of amides is 1. The van der Waals surface area contributed by atoms with Crippen molar-refractivity contribution in [3.8, 4) is 0 Å². The maximum Gasteiger partial charge on any atom is 0.254 e. The Kier molecular flexibility index (Phi) is 3.92. The Labute approximate surface area is 115 Å². The van der Waals surface area contributed by atoms with E-state index in [1.807, 2.05) is 30.9 Å². The molecule has 1 atom stereocenters. The zero-order valence-corrected chi connectivity index (χ0v) is 12.2. The summed E-state index contributed by atoms with van der Waals surface area (Å²) >= 11 is 3.38. The highest BCUT2D eigenvalue weighted by Crippen LogP contribution is 2.24. The summed E-state index contributed by atoms with van der Waals surface area (Å²) < 4.78 is 6.27. The highest BCUT2D eigenvalue weighted by molar-refractivity contribution is 9.10. The van der Waals surface area contributed by atoms with Gasteiger partial charge in [0, 0.05) is 28.8 Å². The molecule has 1 unspecified atom stereocenters. The first-order valence-electron chi connectivity index (χ1n) is 5.95. The zero-order valence-electron chi connectivity index (χ0n) is 10.6. The van der Waals surface area contributed by atoms with E-state index in [2.05, 4.69) is 15.9 Å². The zero-order chi connectivity index (χ0) is 13.3. The van der Waals surface area contributed by atoms with E-state index in [0.29, 0.717) is 30.9 Å². The molecule has 1 aliphatic rings. The van der Waals surface area contributed by atoms with Crippen LogP contribution in [0.3, 0.4) is 0 Å². The molecule has 0 spiro atoms. The number of hydrogen-bond acceptors (Lipinski definition) is 3. The first-order chi connectivity index (χ1) is 8.49. The molecule has 0 aliphatic carbocycles. The van der Waals surface area contributed by atoms with E-state index in [9.17, 15) is 4.79 Å². The second-order valence-corrected chi connectivity index (χ2v) is 5.52. The van der Waals surface area contributed by atoms with Crippen LogP contribution < -0.4 is 5.73 Å². The molecule has 0 radical (unpaired) electrons. The van der Waals surface area contributed by atoms with Crippen molar-refractivity contribution < 1.29 is 9.53 Å². The number of morpholine rings is 1. The number of halogens is 1. The first-order valence-corrected chi connectivity index (χ1v) is 6.75. The summed E-state index contributed by atoms with van der Waals surface area (Å²) in [6.07, 6.45) is 0.0903. The van der Waals surface area contributed by atoms with E-state index >= 15 is 0 Å². The van der Waals surface area contributed by atoms with Crippen molar-refractivity contribution in [1.29, 1.82) is 0 Å². The number of nitrogens with zero attached hydrogens (tertiary/aromatic N) is 1. The van der Waals surface area contributed by atoms with Gasteiger partial charge in [-0.3, -0.25) is 4.79 Å². The predicted molar refractivity (Wildman–Crippen MR) is 74.6 cm³/mol. The minimum Gasteiger partial charge on any atom is -0.398 e. The number of anilines is 1. The van der Waals surface area contributed by atoms with Crippen molar-refractivity contribution in [3.05, 3.63) is 27.7 Å². The SMILES string of the molecule is Cc1c(N)cc(Br)cc1C(=O)N1CCOC(C)C1. The van der Waals surface area contributed by atoms with E-state index in [-0.39, 0.29) is 12.0 Å². The molecule has 1 aliphatic heterocycles. The molecule has 1 heterocycles. The molecule has 4 nitrogen and oxygen atoms in total. The van der Waals surface area contributed by atoms with Gasteiger partial charge in [0.25, 0.3) is 5.91 Å². The third kappa shape index (κ3) is 2.67. The highest BCUT2D eigenvalue weighted by atomic mass is 79.9. The lowest BCUT2D eigenvalue weighted by molar-refractivity contribution is -0.0124. The normalized spacial score (nSPS) is 19.9. The molecule has 0 aromatic heterocycles. The Morgan fingerprint density at radius 1 is 1.56 bits per heavy atom. The van der Waals surface area contributed by atoms with Gasteiger partial charge >= 0.3 is 0 Å². The van der Waals surface area contributed by atoms with Crippen molar-refractivity contribution in [3.63, 3.8) is 0 Å². The molecule has 0 saturated carbocycles. The summed E-state index contributed by atoms with van der Waals surface area (Å²) in [5, 5.41) is 0. The number of carbonyl (C=O) groups excluding carboxylic acids is 1. The fourth-order valence-electron chi connectivity index (χ4n) is 2.10. The van der Waals surface area contributed by atoms with Crippen LogP contribution in [0.2, 0.25) is 0 Å². The van der Waals surface area contributed by atoms with Gasteiger partial charge in [-0.1, -0.05) is 15.9 Å². The lowest BCUT2D eigenvalue weighted by atomic mass is 10.1. The van der Waals surface area contributed by atoms with Gasteiger partial charge in [-0.15, -0.1) is 0 Å². The second kappa shape index (κ2) is 5.28. The maximum absolute atomic E-state index is 12.5.